The molecule has 0 aromatic heterocycles. The fraction of sp³-hybridized carbons (Fsp3) is 1.00. The highest BCUT2D eigenvalue weighted by Crippen LogP contribution is 2.49. The Bertz CT molecular complexity index is 366. The molecule has 4 atom stereocenters. The van der Waals surface area contributed by atoms with Crippen LogP contribution in [0.4, 0.5) is 0 Å². The molecule has 0 spiro atoms. The predicted octanol–water partition coefficient (Wildman–Crippen LogP) is 2.23. The summed E-state index contributed by atoms with van der Waals surface area (Å²) in [7, 11) is -2.82. The van der Waals surface area contributed by atoms with E-state index in [0.717, 1.165) is 24.2 Å². The van der Waals surface area contributed by atoms with Gasteiger partial charge in [-0.2, -0.15) is 0 Å². The van der Waals surface area contributed by atoms with Crippen LogP contribution in [0.3, 0.4) is 0 Å². The van der Waals surface area contributed by atoms with Crippen LogP contribution in [0, 0.1) is 17.8 Å². The van der Waals surface area contributed by atoms with E-state index in [1.54, 1.807) is 0 Å². The van der Waals surface area contributed by atoms with Crippen molar-refractivity contribution in [1.29, 1.82) is 0 Å². The zero-order valence-electron chi connectivity index (χ0n) is 11.7. The van der Waals surface area contributed by atoms with E-state index in [1.165, 1.54) is 25.7 Å². The molecule has 0 aliphatic heterocycles. The summed E-state index contributed by atoms with van der Waals surface area (Å²) in [4.78, 5) is 0. The molecule has 106 valence electrons. The summed E-state index contributed by atoms with van der Waals surface area (Å²) < 4.78 is 23.2. The van der Waals surface area contributed by atoms with E-state index in [4.69, 9.17) is 0 Å². The van der Waals surface area contributed by atoms with Crippen LogP contribution in [0.5, 0.6) is 0 Å². The van der Waals surface area contributed by atoms with Crippen LogP contribution in [0.15, 0.2) is 0 Å². The molecule has 0 aromatic carbocycles. The summed E-state index contributed by atoms with van der Waals surface area (Å²) >= 11 is 0. The van der Waals surface area contributed by atoms with E-state index in [-0.39, 0.29) is 0 Å². The van der Waals surface area contributed by atoms with Crippen molar-refractivity contribution in [3.05, 3.63) is 0 Å². The molecular formula is C14H27NO2S. The van der Waals surface area contributed by atoms with Crippen LogP contribution < -0.4 is 5.32 Å². The maximum absolute atomic E-state index is 11.6. The van der Waals surface area contributed by atoms with E-state index in [2.05, 4.69) is 12.2 Å². The number of sulfone groups is 1. The Kier molecular flexibility index (Phi) is 4.70. The van der Waals surface area contributed by atoms with Crippen molar-refractivity contribution >= 4 is 9.84 Å². The number of hydrogen-bond donors (Lipinski definition) is 1. The van der Waals surface area contributed by atoms with Gasteiger partial charge in [0.1, 0.15) is 0 Å². The van der Waals surface area contributed by atoms with E-state index >= 15 is 0 Å². The van der Waals surface area contributed by atoms with Gasteiger partial charge in [0.25, 0.3) is 0 Å². The van der Waals surface area contributed by atoms with E-state index in [9.17, 15) is 8.42 Å². The number of nitrogens with one attached hydrogen (secondary N) is 1. The lowest BCUT2D eigenvalue weighted by molar-refractivity contribution is 0.263. The zero-order chi connectivity index (χ0) is 13.2. The van der Waals surface area contributed by atoms with E-state index in [1.807, 2.05) is 6.92 Å². The van der Waals surface area contributed by atoms with E-state index in [0.29, 0.717) is 24.1 Å². The van der Waals surface area contributed by atoms with Crippen molar-refractivity contribution in [2.45, 2.75) is 52.0 Å². The molecule has 0 aromatic rings. The molecule has 18 heavy (non-hydrogen) atoms. The number of rotatable bonds is 7. The van der Waals surface area contributed by atoms with Gasteiger partial charge in [-0.05, 0) is 50.4 Å². The molecule has 3 nitrogen and oxygen atoms in total. The topological polar surface area (TPSA) is 46.2 Å². The molecule has 0 amide bonds. The first-order valence-corrected chi connectivity index (χ1v) is 9.27. The van der Waals surface area contributed by atoms with Gasteiger partial charge < -0.3 is 5.32 Å². The third-order valence-corrected chi connectivity index (χ3v) is 6.69. The fourth-order valence-corrected chi connectivity index (χ4v) is 5.17. The Morgan fingerprint density at radius 1 is 1.22 bits per heavy atom. The molecule has 2 rings (SSSR count). The van der Waals surface area contributed by atoms with Crippen LogP contribution in [0.1, 0.15) is 46.0 Å². The summed E-state index contributed by atoms with van der Waals surface area (Å²) in [5.41, 5.74) is 0. The maximum atomic E-state index is 11.6. The predicted molar refractivity (Wildman–Crippen MR) is 75.3 cm³/mol. The van der Waals surface area contributed by atoms with Crippen LogP contribution in [-0.4, -0.2) is 32.5 Å². The third kappa shape index (κ3) is 3.47. The van der Waals surface area contributed by atoms with Gasteiger partial charge in [0.2, 0.25) is 0 Å². The molecule has 2 fully saturated rings. The quantitative estimate of drug-likeness (QED) is 0.773. The summed E-state index contributed by atoms with van der Waals surface area (Å²) in [5.74, 6) is 3.29. The lowest BCUT2D eigenvalue weighted by atomic mass is 9.84. The van der Waals surface area contributed by atoms with Crippen LogP contribution >= 0.6 is 0 Å². The molecule has 0 saturated heterocycles. The Hall–Kier alpha value is -0.0900. The van der Waals surface area contributed by atoms with Gasteiger partial charge in [-0.1, -0.05) is 13.3 Å². The molecule has 4 heteroatoms. The molecular weight excluding hydrogens is 246 g/mol. The van der Waals surface area contributed by atoms with Crippen molar-refractivity contribution < 1.29 is 8.42 Å². The SMILES string of the molecule is CCCS(=O)(=O)CCNC(C)C1CC2CCC1C2. The molecule has 0 radical (unpaired) electrons. The van der Waals surface area contributed by atoms with Crippen LogP contribution in [0.25, 0.3) is 0 Å². The van der Waals surface area contributed by atoms with Gasteiger partial charge in [-0.3, -0.25) is 0 Å². The number of hydrogen-bond acceptors (Lipinski definition) is 3. The second-order valence-corrected chi connectivity index (χ2v) is 8.54. The molecule has 0 heterocycles. The average Bonchev–Trinajstić information content (AvgIpc) is 2.90. The van der Waals surface area contributed by atoms with Crippen molar-refractivity contribution in [3.8, 4) is 0 Å². The zero-order valence-corrected chi connectivity index (χ0v) is 12.5. The standard InChI is InChI=1S/C14H27NO2S/c1-3-7-18(16,17)8-6-15-11(2)14-10-12-4-5-13(14)9-12/h11-15H,3-10H2,1-2H3. The lowest BCUT2D eigenvalue weighted by Gasteiger charge is -2.28. The van der Waals surface area contributed by atoms with Crippen molar-refractivity contribution in [3.63, 3.8) is 0 Å². The van der Waals surface area contributed by atoms with Crippen molar-refractivity contribution in [2.24, 2.45) is 17.8 Å². The normalized spacial score (nSPS) is 32.9. The summed E-state index contributed by atoms with van der Waals surface area (Å²) in [5, 5.41) is 3.44. The van der Waals surface area contributed by atoms with Crippen molar-refractivity contribution in [2.75, 3.05) is 18.1 Å². The molecule has 2 aliphatic carbocycles. The highest BCUT2D eigenvalue weighted by atomic mass is 32.2. The van der Waals surface area contributed by atoms with Gasteiger partial charge in [0.05, 0.1) is 5.75 Å². The lowest BCUT2D eigenvalue weighted by Crippen LogP contribution is -2.38. The summed E-state index contributed by atoms with van der Waals surface area (Å²) in [6.45, 7) is 4.78. The summed E-state index contributed by atoms with van der Waals surface area (Å²) in [6.07, 6.45) is 6.34. The Morgan fingerprint density at radius 3 is 2.56 bits per heavy atom. The van der Waals surface area contributed by atoms with Gasteiger partial charge in [-0.15, -0.1) is 0 Å². The first-order valence-electron chi connectivity index (χ1n) is 7.45. The highest BCUT2D eigenvalue weighted by molar-refractivity contribution is 7.91. The Morgan fingerprint density at radius 2 is 2.00 bits per heavy atom. The second kappa shape index (κ2) is 5.91. The minimum atomic E-state index is -2.82. The van der Waals surface area contributed by atoms with Gasteiger partial charge in [0.15, 0.2) is 9.84 Å². The summed E-state index contributed by atoms with van der Waals surface area (Å²) in [6, 6.07) is 0.483. The maximum Gasteiger partial charge on any atom is 0.151 e. The Balaban J connectivity index is 1.71. The second-order valence-electron chi connectivity index (χ2n) is 6.23. The van der Waals surface area contributed by atoms with Crippen molar-refractivity contribution in [1.82, 2.24) is 5.32 Å². The largest absolute Gasteiger partial charge is 0.313 e. The fourth-order valence-electron chi connectivity index (χ4n) is 3.91. The molecule has 4 unspecified atom stereocenters. The monoisotopic (exact) mass is 273 g/mol. The molecule has 2 bridgehead atoms. The minimum absolute atomic E-state index is 0.298. The molecule has 1 N–H and O–H groups in total. The van der Waals surface area contributed by atoms with Gasteiger partial charge in [0, 0.05) is 18.3 Å². The van der Waals surface area contributed by atoms with Crippen LogP contribution in [-0.2, 0) is 9.84 Å². The third-order valence-electron chi connectivity index (χ3n) is 4.83. The van der Waals surface area contributed by atoms with E-state index < -0.39 is 9.84 Å². The first kappa shape index (κ1) is 14.3. The van der Waals surface area contributed by atoms with Gasteiger partial charge >= 0.3 is 0 Å². The van der Waals surface area contributed by atoms with Gasteiger partial charge in [-0.25, -0.2) is 8.42 Å². The molecule has 2 saturated carbocycles. The van der Waals surface area contributed by atoms with Crippen LogP contribution in [0.2, 0.25) is 0 Å². The smallest absolute Gasteiger partial charge is 0.151 e. The molecule has 2 aliphatic rings. The average molecular weight is 273 g/mol. The first-order chi connectivity index (χ1) is 8.52. The Labute approximate surface area is 112 Å². The highest BCUT2D eigenvalue weighted by Gasteiger charge is 2.41. The number of fused-ring (bicyclic) bond motifs is 2. The minimum Gasteiger partial charge on any atom is -0.313 e.